The summed E-state index contributed by atoms with van der Waals surface area (Å²) in [6, 6.07) is 17.1. The molecule has 0 bridgehead atoms. The smallest absolute Gasteiger partial charge is 0.226 e. The second-order valence-corrected chi connectivity index (χ2v) is 7.60. The molecule has 1 amide bonds. The molecule has 1 aliphatic rings. The predicted octanol–water partition coefficient (Wildman–Crippen LogP) is 4.75. The molecule has 3 aromatic carbocycles. The monoisotopic (exact) mass is 439 g/mol. The van der Waals surface area contributed by atoms with Crippen LogP contribution in [0.15, 0.2) is 72.8 Å². The van der Waals surface area contributed by atoms with E-state index in [-0.39, 0.29) is 18.6 Å². The molecule has 1 heterocycles. The van der Waals surface area contributed by atoms with Crippen LogP contribution in [-0.4, -0.2) is 29.9 Å². The molecule has 1 unspecified atom stereocenters. The van der Waals surface area contributed by atoms with Crippen LogP contribution < -0.4 is 0 Å². The van der Waals surface area contributed by atoms with Crippen molar-refractivity contribution in [1.82, 2.24) is 4.90 Å². The summed E-state index contributed by atoms with van der Waals surface area (Å²) < 4.78 is 46.9. The summed E-state index contributed by atoms with van der Waals surface area (Å²) in [7, 11) is 0. The summed E-state index contributed by atoms with van der Waals surface area (Å²) in [5.74, 6) is -3.21. The van der Waals surface area contributed by atoms with Gasteiger partial charge in [-0.05, 0) is 41.0 Å². The number of amides is 1. The molecule has 3 atom stereocenters. The molecule has 0 N–H and O–H groups in total. The zero-order valence-electron chi connectivity index (χ0n) is 17.0. The molecular weight excluding hydrogens is 419 g/mol. The lowest BCUT2D eigenvalue weighted by Crippen LogP contribution is -2.39. The second-order valence-electron chi connectivity index (χ2n) is 7.60. The Morgan fingerprint density at radius 3 is 2.22 bits per heavy atom. The molecular formula is C25H20F3NO3. The van der Waals surface area contributed by atoms with Crippen molar-refractivity contribution in [3.8, 4) is 0 Å². The highest BCUT2D eigenvalue weighted by Gasteiger charge is 2.39. The molecule has 4 rings (SSSR count). The third-order valence-corrected chi connectivity index (χ3v) is 5.56. The highest BCUT2D eigenvalue weighted by molar-refractivity contribution is 5.81. The molecule has 7 heteroatoms. The van der Waals surface area contributed by atoms with Crippen molar-refractivity contribution in [2.45, 2.75) is 24.6 Å². The number of benzene rings is 3. The summed E-state index contributed by atoms with van der Waals surface area (Å²) >= 11 is 0. The minimum Gasteiger partial charge on any atom is -0.349 e. The Bertz CT molecular complexity index is 1080. The lowest BCUT2D eigenvalue weighted by molar-refractivity contribution is -0.142. The Labute approximate surface area is 183 Å². The van der Waals surface area contributed by atoms with Gasteiger partial charge < -0.3 is 9.64 Å². The van der Waals surface area contributed by atoms with Gasteiger partial charge in [-0.15, -0.1) is 0 Å². The van der Waals surface area contributed by atoms with Gasteiger partial charge in [-0.25, -0.2) is 13.2 Å². The van der Waals surface area contributed by atoms with Crippen LogP contribution in [0.25, 0.3) is 0 Å². The average molecular weight is 439 g/mol. The number of carbonyl (C=O) groups excluding carboxylic acids is 2. The number of hydrogen-bond acceptors (Lipinski definition) is 3. The molecule has 0 radical (unpaired) electrons. The maximum Gasteiger partial charge on any atom is 0.226 e. The van der Waals surface area contributed by atoms with Crippen LogP contribution >= 0.6 is 0 Å². The van der Waals surface area contributed by atoms with Crippen LogP contribution in [-0.2, 0) is 14.3 Å². The van der Waals surface area contributed by atoms with Gasteiger partial charge in [0.15, 0.2) is 12.5 Å². The third-order valence-electron chi connectivity index (χ3n) is 5.56. The number of rotatable bonds is 6. The third kappa shape index (κ3) is 4.57. The SMILES string of the molecule is O=CC1OC[C@@H](c2ccccc2)N1C(=O)C[C@@H](c1ccc(F)cc1)c1cc(F)cc(F)c1. The normalized spacial score (nSPS) is 19.0. The standard InChI is InChI=1S/C25H20F3NO3/c26-19-8-6-16(7-9-19)22(18-10-20(27)12-21(28)11-18)13-24(31)29-23(15-32-25(29)14-30)17-4-2-1-3-5-17/h1-12,14,22-23,25H,13,15H2/t22-,23-,25?/m0/s1. The van der Waals surface area contributed by atoms with Gasteiger partial charge in [-0.2, -0.15) is 0 Å². The summed E-state index contributed by atoms with van der Waals surface area (Å²) in [5.41, 5.74) is 1.56. The van der Waals surface area contributed by atoms with Gasteiger partial charge in [-0.3, -0.25) is 9.59 Å². The van der Waals surface area contributed by atoms with Crippen molar-refractivity contribution >= 4 is 12.2 Å². The highest BCUT2D eigenvalue weighted by atomic mass is 19.1. The maximum atomic E-state index is 13.9. The first-order chi connectivity index (χ1) is 15.5. The Hall–Kier alpha value is -3.45. The zero-order valence-corrected chi connectivity index (χ0v) is 17.0. The summed E-state index contributed by atoms with van der Waals surface area (Å²) in [6.07, 6.45) is -0.702. The van der Waals surface area contributed by atoms with Gasteiger partial charge in [0.2, 0.25) is 5.91 Å². The van der Waals surface area contributed by atoms with Crippen LogP contribution in [0.5, 0.6) is 0 Å². The van der Waals surface area contributed by atoms with Gasteiger partial charge in [0.05, 0.1) is 12.6 Å². The van der Waals surface area contributed by atoms with E-state index < -0.39 is 41.5 Å². The fourth-order valence-corrected chi connectivity index (χ4v) is 4.06. The van der Waals surface area contributed by atoms with Crippen molar-refractivity contribution in [3.05, 3.63) is 107 Å². The van der Waals surface area contributed by atoms with E-state index in [9.17, 15) is 22.8 Å². The first kappa shape index (κ1) is 21.8. The van der Waals surface area contributed by atoms with E-state index in [0.29, 0.717) is 11.8 Å². The molecule has 1 aliphatic heterocycles. The van der Waals surface area contributed by atoms with E-state index in [1.165, 1.54) is 29.2 Å². The van der Waals surface area contributed by atoms with Gasteiger partial charge >= 0.3 is 0 Å². The fraction of sp³-hybridized carbons (Fsp3) is 0.200. The minimum absolute atomic E-state index is 0.148. The fourth-order valence-electron chi connectivity index (χ4n) is 4.06. The van der Waals surface area contributed by atoms with Crippen molar-refractivity contribution in [3.63, 3.8) is 0 Å². The van der Waals surface area contributed by atoms with Crippen LogP contribution in [0.4, 0.5) is 13.2 Å². The summed E-state index contributed by atoms with van der Waals surface area (Å²) in [4.78, 5) is 26.4. The molecule has 3 aromatic rings. The van der Waals surface area contributed by atoms with Gasteiger partial charge in [-0.1, -0.05) is 42.5 Å². The topological polar surface area (TPSA) is 46.6 Å². The molecule has 4 nitrogen and oxygen atoms in total. The number of hydrogen-bond donors (Lipinski definition) is 0. The Balaban J connectivity index is 1.69. The summed E-state index contributed by atoms with van der Waals surface area (Å²) in [6.45, 7) is 0.148. The number of aldehydes is 1. The summed E-state index contributed by atoms with van der Waals surface area (Å²) in [5, 5.41) is 0. The van der Waals surface area contributed by atoms with Gasteiger partial charge in [0.1, 0.15) is 17.5 Å². The van der Waals surface area contributed by atoms with E-state index in [1.807, 2.05) is 30.3 Å². The Morgan fingerprint density at radius 2 is 1.59 bits per heavy atom. The van der Waals surface area contributed by atoms with Crippen molar-refractivity contribution in [2.75, 3.05) is 6.61 Å². The van der Waals surface area contributed by atoms with Gasteiger partial charge in [0, 0.05) is 18.4 Å². The van der Waals surface area contributed by atoms with Crippen LogP contribution in [0, 0.1) is 17.5 Å². The number of halogens is 3. The van der Waals surface area contributed by atoms with Crippen LogP contribution in [0.1, 0.15) is 35.1 Å². The molecule has 0 spiro atoms. The van der Waals surface area contributed by atoms with E-state index >= 15 is 0 Å². The lowest BCUT2D eigenvalue weighted by atomic mass is 9.87. The van der Waals surface area contributed by atoms with Crippen molar-refractivity contribution in [2.24, 2.45) is 0 Å². The molecule has 1 saturated heterocycles. The van der Waals surface area contributed by atoms with Gasteiger partial charge in [0.25, 0.3) is 0 Å². The minimum atomic E-state index is -1.06. The predicted molar refractivity (Wildman–Crippen MR) is 111 cm³/mol. The molecule has 164 valence electrons. The van der Waals surface area contributed by atoms with Crippen molar-refractivity contribution in [1.29, 1.82) is 0 Å². The number of nitrogens with zero attached hydrogens (tertiary/aromatic N) is 1. The highest BCUT2D eigenvalue weighted by Crippen LogP contribution is 2.35. The van der Waals surface area contributed by atoms with Crippen LogP contribution in [0.3, 0.4) is 0 Å². The van der Waals surface area contributed by atoms with E-state index in [4.69, 9.17) is 4.74 Å². The average Bonchev–Trinajstić information content (AvgIpc) is 3.22. The first-order valence-electron chi connectivity index (χ1n) is 10.1. The lowest BCUT2D eigenvalue weighted by Gasteiger charge is -2.28. The largest absolute Gasteiger partial charge is 0.349 e. The molecule has 1 fully saturated rings. The van der Waals surface area contributed by atoms with E-state index in [1.54, 1.807) is 0 Å². The quantitative estimate of drug-likeness (QED) is 0.521. The molecule has 0 aliphatic carbocycles. The Kier molecular flexibility index (Phi) is 6.37. The Morgan fingerprint density at radius 1 is 0.938 bits per heavy atom. The maximum absolute atomic E-state index is 13.9. The number of carbonyl (C=O) groups is 2. The van der Waals surface area contributed by atoms with Crippen molar-refractivity contribution < 1.29 is 27.5 Å². The second kappa shape index (κ2) is 9.36. The number of ether oxygens (including phenoxy) is 1. The molecule has 0 saturated carbocycles. The van der Waals surface area contributed by atoms with E-state index in [2.05, 4.69) is 0 Å². The molecule has 32 heavy (non-hydrogen) atoms. The van der Waals surface area contributed by atoms with E-state index in [0.717, 1.165) is 23.8 Å². The first-order valence-corrected chi connectivity index (χ1v) is 10.1. The molecule has 0 aromatic heterocycles. The zero-order chi connectivity index (χ0) is 22.7. The van der Waals surface area contributed by atoms with Crippen LogP contribution in [0.2, 0.25) is 0 Å².